The lowest BCUT2D eigenvalue weighted by atomic mass is 10.1. The third kappa shape index (κ3) is 4.62. The molecular weight excluding hydrogens is 294 g/mol. The van der Waals surface area contributed by atoms with Gasteiger partial charge >= 0.3 is 12.2 Å². The van der Waals surface area contributed by atoms with Crippen molar-refractivity contribution >= 4 is 17.6 Å². The molecule has 116 valence electrons. The summed E-state index contributed by atoms with van der Waals surface area (Å²) in [5.74, 6) is -2.15. The SMILES string of the molecule is CNC(=O)NC(=O)C(C)Nc1ccc(F)c(C(F)(F)F)c1. The number of carbonyl (C=O) groups excluding carboxylic acids is 2. The molecule has 3 amide bonds. The first kappa shape index (κ1) is 16.7. The number of urea groups is 1. The minimum absolute atomic E-state index is 0.0942. The maximum absolute atomic E-state index is 13.1. The lowest BCUT2D eigenvalue weighted by Crippen LogP contribution is -2.44. The summed E-state index contributed by atoms with van der Waals surface area (Å²) < 4.78 is 50.7. The van der Waals surface area contributed by atoms with Gasteiger partial charge in [-0.3, -0.25) is 10.1 Å². The van der Waals surface area contributed by atoms with Crippen LogP contribution in [0.15, 0.2) is 18.2 Å². The zero-order valence-corrected chi connectivity index (χ0v) is 11.1. The number of rotatable bonds is 3. The molecule has 21 heavy (non-hydrogen) atoms. The predicted octanol–water partition coefficient (Wildman–Crippen LogP) is 2.10. The van der Waals surface area contributed by atoms with E-state index >= 15 is 0 Å². The van der Waals surface area contributed by atoms with Crippen molar-refractivity contribution in [1.29, 1.82) is 0 Å². The molecule has 0 heterocycles. The highest BCUT2D eigenvalue weighted by molar-refractivity contribution is 5.97. The molecule has 1 atom stereocenters. The van der Waals surface area contributed by atoms with Crippen LogP contribution >= 0.6 is 0 Å². The van der Waals surface area contributed by atoms with Crippen molar-refractivity contribution in [2.24, 2.45) is 0 Å². The summed E-state index contributed by atoms with van der Waals surface area (Å²) in [6.45, 7) is 1.34. The van der Waals surface area contributed by atoms with E-state index in [1.165, 1.54) is 14.0 Å². The van der Waals surface area contributed by atoms with Crippen molar-refractivity contribution in [1.82, 2.24) is 10.6 Å². The highest BCUT2D eigenvalue weighted by Crippen LogP contribution is 2.33. The van der Waals surface area contributed by atoms with Gasteiger partial charge in [0.25, 0.3) is 0 Å². The molecule has 0 bridgehead atoms. The summed E-state index contributed by atoms with van der Waals surface area (Å²) in [7, 11) is 1.30. The summed E-state index contributed by atoms with van der Waals surface area (Å²) in [5.41, 5.74) is -1.53. The summed E-state index contributed by atoms with van der Waals surface area (Å²) in [5, 5.41) is 6.56. The largest absolute Gasteiger partial charge is 0.419 e. The third-order valence-corrected chi connectivity index (χ3v) is 2.51. The summed E-state index contributed by atoms with van der Waals surface area (Å²) >= 11 is 0. The minimum Gasteiger partial charge on any atom is -0.374 e. The smallest absolute Gasteiger partial charge is 0.374 e. The van der Waals surface area contributed by atoms with E-state index in [0.717, 1.165) is 6.07 Å². The van der Waals surface area contributed by atoms with Crippen molar-refractivity contribution in [3.8, 4) is 0 Å². The second-order valence-corrected chi connectivity index (χ2v) is 4.13. The van der Waals surface area contributed by atoms with Gasteiger partial charge in [0.05, 0.1) is 5.56 Å². The van der Waals surface area contributed by atoms with Gasteiger partial charge in [-0.25, -0.2) is 9.18 Å². The van der Waals surface area contributed by atoms with Gasteiger partial charge in [-0.1, -0.05) is 0 Å². The summed E-state index contributed by atoms with van der Waals surface area (Å²) in [4.78, 5) is 22.5. The first-order chi connectivity index (χ1) is 9.65. The topological polar surface area (TPSA) is 70.2 Å². The molecule has 3 N–H and O–H groups in total. The van der Waals surface area contributed by atoms with Crippen LogP contribution in [0.3, 0.4) is 0 Å². The Morgan fingerprint density at radius 3 is 2.38 bits per heavy atom. The fourth-order valence-corrected chi connectivity index (χ4v) is 1.43. The number of carbonyl (C=O) groups is 2. The van der Waals surface area contributed by atoms with Gasteiger partial charge in [0.15, 0.2) is 0 Å². The number of nitrogens with one attached hydrogen (secondary N) is 3. The Morgan fingerprint density at radius 1 is 1.24 bits per heavy atom. The Hall–Kier alpha value is -2.32. The van der Waals surface area contributed by atoms with E-state index in [1.807, 2.05) is 5.32 Å². The van der Waals surface area contributed by atoms with Crippen molar-refractivity contribution in [3.63, 3.8) is 0 Å². The standard InChI is InChI=1S/C12H13F4N3O2/c1-6(10(20)19-11(21)17-2)18-7-3-4-9(13)8(5-7)12(14,15)16/h3-6,18H,1-2H3,(H2,17,19,20,21). The van der Waals surface area contributed by atoms with Crippen molar-refractivity contribution in [2.75, 3.05) is 12.4 Å². The Labute approximate surface area is 117 Å². The quantitative estimate of drug-likeness (QED) is 0.749. The maximum Gasteiger partial charge on any atom is 0.419 e. The van der Waals surface area contributed by atoms with E-state index in [0.29, 0.717) is 12.1 Å². The van der Waals surface area contributed by atoms with E-state index in [4.69, 9.17) is 0 Å². The molecule has 0 aliphatic carbocycles. The van der Waals surface area contributed by atoms with Gasteiger partial charge in [-0.15, -0.1) is 0 Å². The lowest BCUT2D eigenvalue weighted by Gasteiger charge is -2.16. The number of amides is 3. The third-order valence-electron chi connectivity index (χ3n) is 2.51. The molecule has 0 radical (unpaired) electrons. The number of imide groups is 1. The number of hydrogen-bond acceptors (Lipinski definition) is 3. The van der Waals surface area contributed by atoms with Crippen LogP contribution in [0.25, 0.3) is 0 Å². The molecule has 5 nitrogen and oxygen atoms in total. The number of benzene rings is 1. The molecule has 0 fully saturated rings. The van der Waals surface area contributed by atoms with E-state index in [-0.39, 0.29) is 5.69 Å². The molecule has 1 aromatic rings. The lowest BCUT2D eigenvalue weighted by molar-refractivity contribution is -0.139. The van der Waals surface area contributed by atoms with Crippen LogP contribution in [0, 0.1) is 5.82 Å². The molecule has 0 spiro atoms. The van der Waals surface area contributed by atoms with Crippen LogP contribution in [-0.4, -0.2) is 25.0 Å². The van der Waals surface area contributed by atoms with Crippen LogP contribution in [-0.2, 0) is 11.0 Å². The Morgan fingerprint density at radius 2 is 1.86 bits per heavy atom. The van der Waals surface area contributed by atoms with Crippen LogP contribution in [0.4, 0.5) is 28.0 Å². The van der Waals surface area contributed by atoms with Gasteiger partial charge in [0.1, 0.15) is 11.9 Å². The van der Waals surface area contributed by atoms with Crippen LogP contribution < -0.4 is 16.0 Å². The number of alkyl halides is 3. The molecule has 1 rings (SSSR count). The second kappa shape index (κ2) is 6.42. The molecule has 0 aliphatic rings. The number of anilines is 1. The van der Waals surface area contributed by atoms with Crippen molar-refractivity contribution in [3.05, 3.63) is 29.6 Å². The first-order valence-electron chi connectivity index (χ1n) is 5.81. The van der Waals surface area contributed by atoms with Crippen LogP contribution in [0.1, 0.15) is 12.5 Å². The molecular formula is C12H13F4N3O2. The molecule has 0 aromatic heterocycles. The Bertz CT molecular complexity index is 546. The zero-order chi connectivity index (χ0) is 16.2. The molecule has 0 aliphatic heterocycles. The second-order valence-electron chi connectivity index (χ2n) is 4.13. The van der Waals surface area contributed by atoms with Crippen molar-refractivity contribution < 1.29 is 27.2 Å². The fraction of sp³-hybridized carbons (Fsp3) is 0.333. The molecule has 1 unspecified atom stereocenters. The molecule has 0 saturated carbocycles. The average molecular weight is 307 g/mol. The van der Waals surface area contributed by atoms with Gasteiger partial charge in [-0.2, -0.15) is 13.2 Å². The van der Waals surface area contributed by atoms with Gasteiger partial charge < -0.3 is 10.6 Å². The maximum atomic E-state index is 13.1. The highest BCUT2D eigenvalue weighted by atomic mass is 19.4. The highest BCUT2D eigenvalue weighted by Gasteiger charge is 2.34. The zero-order valence-electron chi connectivity index (χ0n) is 11.1. The van der Waals surface area contributed by atoms with Crippen LogP contribution in [0.2, 0.25) is 0 Å². The van der Waals surface area contributed by atoms with E-state index in [2.05, 4.69) is 10.6 Å². The monoisotopic (exact) mass is 307 g/mol. The first-order valence-corrected chi connectivity index (χ1v) is 5.81. The van der Waals surface area contributed by atoms with Crippen molar-refractivity contribution in [2.45, 2.75) is 19.1 Å². The van der Waals surface area contributed by atoms with E-state index in [1.54, 1.807) is 0 Å². The van der Waals surface area contributed by atoms with E-state index < -0.39 is 35.5 Å². The van der Waals surface area contributed by atoms with Crippen LogP contribution in [0.5, 0.6) is 0 Å². The summed E-state index contributed by atoms with van der Waals surface area (Å²) in [6, 6.07) is 0.527. The molecule has 9 heteroatoms. The Kier molecular flexibility index (Phi) is 5.12. The predicted molar refractivity (Wildman–Crippen MR) is 67.1 cm³/mol. The number of halogens is 4. The normalized spacial score (nSPS) is 12.5. The minimum atomic E-state index is -4.84. The Balaban J connectivity index is 2.84. The van der Waals surface area contributed by atoms with E-state index in [9.17, 15) is 27.2 Å². The number of hydrogen-bond donors (Lipinski definition) is 3. The van der Waals surface area contributed by atoms with Gasteiger partial charge in [-0.05, 0) is 25.1 Å². The van der Waals surface area contributed by atoms with Gasteiger partial charge in [0, 0.05) is 12.7 Å². The molecule has 1 aromatic carbocycles. The average Bonchev–Trinajstić information content (AvgIpc) is 2.39. The summed E-state index contributed by atoms with van der Waals surface area (Å²) in [6.07, 6.45) is -4.84. The van der Waals surface area contributed by atoms with Gasteiger partial charge in [0.2, 0.25) is 5.91 Å². The molecule has 0 saturated heterocycles. The fourth-order valence-electron chi connectivity index (χ4n) is 1.43.